The lowest BCUT2D eigenvalue weighted by molar-refractivity contribution is 0.162. The average molecular weight is 248 g/mol. The van der Waals surface area contributed by atoms with E-state index in [0.717, 1.165) is 32.5 Å². The second-order valence-electron chi connectivity index (χ2n) is 5.57. The fourth-order valence-electron chi connectivity index (χ4n) is 2.58. The number of nitrogens with zero attached hydrogens (tertiary/aromatic N) is 1. The highest BCUT2D eigenvalue weighted by Crippen LogP contribution is 2.26. The molecule has 0 saturated heterocycles. The quantitative estimate of drug-likeness (QED) is 0.803. The smallest absolute Gasteiger partial charge is 0.0231 e. The molecule has 0 heterocycles. The van der Waals surface area contributed by atoms with Crippen LogP contribution in [-0.2, 0) is 6.54 Å². The predicted octanol–water partition coefficient (Wildman–Crippen LogP) is 3.19. The van der Waals surface area contributed by atoms with Crippen LogP contribution in [0.1, 0.15) is 37.8 Å². The number of rotatable bonds is 7. The molecular weight excluding hydrogens is 220 g/mol. The van der Waals surface area contributed by atoms with E-state index in [0.29, 0.717) is 0 Å². The summed E-state index contributed by atoms with van der Waals surface area (Å²) in [6.07, 6.45) is 2.30. The summed E-state index contributed by atoms with van der Waals surface area (Å²) in [6, 6.07) is 8.74. The van der Waals surface area contributed by atoms with Crippen LogP contribution >= 0.6 is 0 Å². The van der Waals surface area contributed by atoms with Gasteiger partial charge in [0.15, 0.2) is 0 Å². The van der Waals surface area contributed by atoms with Crippen molar-refractivity contribution in [2.24, 2.45) is 11.1 Å². The zero-order valence-corrected chi connectivity index (χ0v) is 12.4. The molecule has 0 atom stereocenters. The van der Waals surface area contributed by atoms with Gasteiger partial charge in [-0.3, -0.25) is 0 Å². The molecule has 0 aromatic heterocycles. The third-order valence-corrected chi connectivity index (χ3v) is 4.07. The van der Waals surface area contributed by atoms with Crippen LogP contribution in [0.2, 0.25) is 0 Å². The minimum Gasteiger partial charge on any atom is -0.330 e. The zero-order valence-electron chi connectivity index (χ0n) is 12.4. The highest BCUT2D eigenvalue weighted by atomic mass is 15.1. The molecule has 0 aliphatic heterocycles. The molecule has 0 radical (unpaired) electrons. The van der Waals surface area contributed by atoms with Gasteiger partial charge in [0.1, 0.15) is 0 Å². The molecule has 0 bridgehead atoms. The summed E-state index contributed by atoms with van der Waals surface area (Å²) in [4.78, 5) is 2.40. The van der Waals surface area contributed by atoms with Crippen molar-refractivity contribution in [2.75, 3.05) is 20.1 Å². The second kappa shape index (κ2) is 6.91. The lowest BCUT2D eigenvalue weighted by Crippen LogP contribution is -2.40. The van der Waals surface area contributed by atoms with Crippen LogP contribution in [0.3, 0.4) is 0 Å². The molecule has 102 valence electrons. The molecule has 2 nitrogen and oxygen atoms in total. The van der Waals surface area contributed by atoms with Crippen molar-refractivity contribution in [1.29, 1.82) is 0 Å². The van der Waals surface area contributed by atoms with Crippen molar-refractivity contribution in [1.82, 2.24) is 4.90 Å². The maximum absolute atomic E-state index is 5.97. The Labute approximate surface area is 112 Å². The van der Waals surface area contributed by atoms with Crippen molar-refractivity contribution in [2.45, 2.75) is 40.2 Å². The summed E-state index contributed by atoms with van der Waals surface area (Å²) in [5.41, 5.74) is 8.96. The van der Waals surface area contributed by atoms with Crippen molar-refractivity contribution in [3.8, 4) is 0 Å². The number of nitrogens with two attached hydrogens (primary N) is 1. The molecule has 1 aromatic carbocycles. The summed E-state index contributed by atoms with van der Waals surface area (Å²) in [5, 5.41) is 0. The van der Waals surface area contributed by atoms with E-state index in [9.17, 15) is 0 Å². The van der Waals surface area contributed by atoms with Gasteiger partial charge in [0.05, 0.1) is 0 Å². The molecule has 0 spiro atoms. The SMILES string of the molecule is CCC(CC)(CN)CN(C)Cc1cccc(C)c1. The minimum atomic E-state index is 0.276. The van der Waals surface area contributed by atoms with Gasteiger partial charge in [0.25, 0.3) is 0 Å². The summed E-state index contributed by atoms with van der Waals surface area (Å²) in [6.45, 7) is 9.49. The van der Waals surface area contributed by atoms with Gasteiger partial charge in [-0.05, 0) is 44.3 Å². The third-order valence-electron chi connectivity index (χ3n) is 4.07. The largest absolute Gasteiger partial charge is 0.330 e. The van der Waals surface area contributed by atoms with E-state index in [4.69, 9.17) is 5.73 Å². The van der Waals surface area contributed by atoms with Gasteiger partial charge < -0.3 is 10.6 Å². The molecule has 18 heavy (non-hydrogen) atoms. The fraction of sp³-hybridized carbons (Fsp3) is 0.625. The highest BCUT2D eigenvalue weighted by Gasteiger charge is 2.25. The van der Waals surface area contributed by atoms with E-state index >= 15 is 0 Å². The first-order valence-corrected chi connectivity index (χ1v) is 6.99. The van der Waals surface area contributed by atoms with Gasteiger partial charge in [-0.1, -0.05) is 43.7 Å². The van der Waals surface area contributed by atoms with E-state index in [2.05, 4.69) is 57.0 Å². The molecule has 0 saturated carbocycles. The van der Waals surface area contributed by atoms with Crippen LogP contribution in [-0.4, -0.2) is 25.0 Å². The molecular formula is C16H28N2. The van der Waals surface area contributed by atoms with Crippen LogP contribution < -0.4 is 5.73 Å². The maximum Gasteiger partial charge on any atom is 0.0231 e. The van der Waals surface area contributed by atoms with Crippen molar-refractivity contribution in [3.63, 3.8) is 0 Å². The van der Waals surface area contributed by atoms with E-state index in [-0.39, 0.29) is 5.41 Å². The van der Waals surface area contributed by atoms with E-state index in [1.54, 1.807) is 0 Å². The van der Waals surface area contributed by atoms with Gasteiger partial charge in [-0.25, -0.2) is 0 Å². The van der Waals surface area contributed by atoms with Gasteiger partial charge >= 0.3 is 0 Å². The second-order valence-corrected chi connectivity index (χ2v) is 5.57. The van der Waals surface area contributed by atoms with Crippen LogP contribution in [0.25, 0.3) is 0 Å². The lowest BCUT2D eigenvalue weighted by atomic mass is 9.82. The standard InChI is InChI=1S/C16H28N2/c1-5-16(6-2,12-17)13-18(4)11-15-9-7-8-14(3)10-15/h7-10H,5-6,11-13,17H2,1-4H3. The van der Waals surface area contributed by atoms with Crippen LogP contribution in [0.5, 0.6) is 0 Å². The molecule has 0 aliphatic carbocycles. The van der Waals surface area contributed by atoms with Gasteiger partial charge in [0, 0.05) is 13.1 Å². The zero-order chi connectivity index (χ0) is 13.6. The van der Waals surface area contributed by atoms with E-state index in [1.165, 1.54) is 11.1 Å². The lowest BCUT2D eigenvalue weighted by Gasteiger charge is -2.34. The van der Waals surface area contributed by atoms with Crippen LogP contribution in [0.4, 0.5) is 0 Å². The van der Waals surface area contributed by atoms with Crippen LogP contribution in [0, 0.1) is 12.3 Å². The Hall–Kier alpha value is -0.860. The Bertz CT molecular complexity index is 348. The van der Waals surface area contributed by atoms with E-state index < -0.39 is 0 Å². The Morgan fingerprint density at radius 3 is 2.39 bits per heavy atom. The Morgan fingerprint density at radius 1 is 1.22 bits per heavy atom. The van der Waals surface area contributed by atoms with Crippen molar-refractivity contribution >= 4 is 0 Å². The minimum absolute atomic E-state index is 0.276. The molecule has 0 amide bonds. The monoisotopic (exact) mass is 248 g/mol. The first-order chi connectivity index (χ1) is 8.55. The number of hydrogen-bond donors (Lipinski definition) is 1. The van der Waals surface area contributed by atoms with Gasteiger partial charge in [-0.15, -0.1) is 0 Å². The fourth-order valence-corrected chi connectivity index (χ4v) is 2.58. The molecule has 2 heteroatoms. The average Bonchev–Trinajstić information content (AvgIpc) is 2.36. The molecule has 0 aliphatic rings. The third kappa shape index (κ3) is 4.11. The van der Waals surface area contributed by atoms with Crippen molar-refractivity contribution < 1.29 is 0 Å². The summed E-state index contributed by atoms with van der Waals surface area (Å²) < 4.78 is 0. The summed E-state index contributed by atoms with van der Waals surface area (Å²) in [5.74, 6) is 0. The van der Waals surface area contributed by atoms with Gasteiger partial charge in [0.2, 0.25) is 0 Å². The summed E-state index contributed by atoms with van der Waals surface area (Å²) in [7, 11) is 2.19. The van der Waals surface area contributed by atoms with Gasteiger partial charge in [-0.2, -0.15) is 0 Å². The Balaban J connectivity index is 2.63. The number of benzene rings is 1. The highest BCUT2D eigenvalue weighted by molar-refractivity contribution is 5.22. The number of hydrogen-bond acceptors (Lipinski definition) is 2. The topological polar surface area (TPSA) is 29.3 Å². The molecule has 2 N–H and O–H groups in total. The maximum atomic E-state index is 5.97. The molecule has 0 fully saturated rings. The predicted molar refractivity (Wildman–Crippen MR) is 79.6 cm³/mol. The van der Waals surface area contributed by atoms with Crippen molar-refractivity contribution in [3.05, 3.63) is 35.4 Å². The first-order valence-electron chi connectivity index (χ1n) is 6.99. The van der Waals surface area contributed by atoms with E-state index in [1.807, 2.05) is 0 Å². The first kappa shape index (κ1) is 15.2. The number of aryl methyl sites for hydroxylation is 1. The Kier molecular flexibility index (Phi) is 5.83. The normalized spacial score (nSPS) is 12.1. The Morgan fingerprint density at radius 2 is 1.89 bits per heavy atom. The molecule has 1 aromatic rings. The summed E-state index contributed by atoms with van der Waals surface area (Å²) >= 11 is 0. The van der Waals surface area contributed by atoms with Crippen LogP contribution in [0.15, 0.2) is 24.3 Å². The molecule has 1 rings (SSSR count). The molecule has 0 unspecified atom stereocenters.